The Morgan fingerprint density at radius 2 is 2.17 bits per heavy atom. The van der Waals surface area contributed by atoms with Crippen molar-refractivity contribution in [1.29, 1.82) is 0 Å². The normalized spacial score (nSPS) is 15.3. The van der Waals surface area contributed by atoms with Gasteiger partial charge in [0, 0.05) is 13.1 Å². The summed E-state index contributed by atoms with van der Waals surface area (Å²) < 4.78 is 0. The number of aromatic nitrogens is 2. The van der Waals surface area contributed by atoms with Crippen LogP contribution in [0.15, 0.2) is 18.2 Å². The summed E-state index contributed by atoms with van der Waals surface area (Å²) in [5.41, 5.74) is 2.98. The molecule has 0 aliphatic carbocycles. The molecular weight excluding hydrogens is 228 g/mol. The van der Waals surface area contributed by atoms with Crippen molar-refractivity contribution in [3.8, 4) is 0 Å². The van der Waals surface area contributed by atoms with Crippen molar-refractivity contribution in [1.82, 2.24) is 14.9 Å². The predicted octanol–water partition coefficient (Wildman–Crippen LogP) is 2.50. The van der Waals surface area contributed by atoms with Crippen molar-refractivity contribution in [3.05, 3.63) is 23.8 Å². The van der Waals surface area contributed by atoms with Gasteiger partial charge in [-0.3, -0.25) is 5.32 Å². The number of nitrogens with one attached hydrogen (secondary N) is 2. The van der Waals surface area contributed by atoms with Crippen molar-refractivity contribution in [2.24, 2.45) is 0 Å². The van der Waals surface area contributed by atoms with Crippen LogP contribution in [0.4, 0.5) is 10.7 Å². The number of amides is 2. The molecule has 1 aliphatic rings. The van der Waals surface area contributed by atoms with Crippen molar-refractivity contribution < 1.29 is 4.79 Å². The minimum absolute atomic E-state index is 0.0664. The van der Waals surface area contributed by atoms with Gasteiger partial charge in [-0.15, -0.1) is 0 Å². The van der Waals surface area contributed by atoms with Crippen LogP contribution in [-0.4, -0.2) is 34.0 Å². The monoisotopic (exact) mass is 244 g/mol. The molecule has 3 rings (SSSR count). The van der Waals surface area contributed by atoms with E-state index in [9.17, 15) is 4.79 Å². The molecule has 1 aliphatic heterocycles. The van der Waals surface area contributed by atoms with Crippen LogP contribution in [0, 0.1) is 6.92 Å². The van der Waals surface area contributed by atoms with E-state index in [2.05, 4.69) is 15.3 Å². The number of H-pyrrole nitrogens is 1. The molecular formula is C13H16N4O. The Morgan fingerprint density at radius 1 is 1.39 bits per heavy atom. The molecule has 1 fully saturated rings. The molecule has 94 valence electrons. The Balaban J connectivity index is 1.79. The third-order valence-corrected chi connectivity index (χ3v) is 3.26. The first-order valence-corrected chi connectivity index (χ1v) is 6.25. The Morgan fingerprint density at radius 3 is 2.94 bits per heavy atom. The highest BCUT2D eigenvalue weighted by Crippen LogP contribution is 2.16. The lowest BCUT2D eigenvalue weighted by Gasteiger charge is -2.14. The zero-order valence-electron chi connectivity index (χ0n) is 10.4. The van der Waals surface area contributed by atoms with E-state index < -0.39 is 0 Å². The highest BCUT2D eigenvalue weighted by Gasteiger charge is 2.18. The maximum Gasteiger partial charge on any atom is 0.324 e. The third kappa shape index (κ3) is 2.03. The Kier molecular flexibility index (Phi) is 2.66. The first-order chi connectivity index (χ1) is 8.72. The molecule has 2 heterocycles. The molecule has 0 spiro atoms. The maximum atomic E-state index is 11.9. The van der Waals surface area contributed by atoms with Crippen molar-refractivity contribution in [3.63, 3.8) is 0 Å². The lowest BCUT2D eigenvalue weighted by atomic mass is 10.2. The number of rotatable bonds is 1. The van der Waals surface area contributed by atoms with E-state index in [0.717, 1.165) is 42.5 Å². The summed E-state index contributed by atoms with van der Waals surface area (Å²) in [6, 6.07) is 5.93. The van der Waals surface area contributed by atoms with E-state index in [1.165, 1.54) is 0 Å². The third-order valence-electron chi connectivity index (χ3n) is 3.26. The Labute approximate surface area is 105 Å². The zero-order chi connectivity index (χ0) is 12.5. The number of urea groups is 1. The van der Waals surface area contributed by atoms with Crippen LogP contribution in [0.25, 0.3) is 11.0 Å². The number of hydrogen-bond acceptors (Lipinski definition) is 2. The number of hydrogen-bond donors (Lipinski definition) is 2. The van der Waals surface area contributed by atoms with E-state index in [-0.39, 0.29) is 6.03 Å². The molecule has 0 radical (unpaired) electrons. The smallest absolute Gasteiger partial charge is 0.324 e. The fraction of sp³-hybridized carbons (Fsp3) is 0.385. The van der Waals surface area contributed by atoms with Gasteiger partial charge in [0.25, 0.3) is 0 Å². The van der Waals surface area contributed by atoms with Gasteiger partial charge in [-0.05, 0) is 37.5 Å². The summed E-state index contributed by atoms with van der Waals surface area (Å²) in [7, 11) is 0. The van der Waals surface area contributed by atoms with Crippen molar-refractivity contribution in [2.75, 3.05) is 18.4 Å². The van der Waals surface area contributed by atoms with Gasteiger partial charge >= 0.3 is 6.03 Å². The van der Waals surface area contributed by atoms with E-state index >= 15 is 0 Å². The number of carbonyl (C=O) groups is 1. The average molecular weight is 244 g/mol. The van der Waals surface area contributed by atoms with E-state index in [1.54, 1.807) is 0 Å². The van der Waals surface area contributed by atoms with E-state index in [1.807, 2.05) is 30.0 Å². The topological polar surface area (TPSA) is 61.0 Å². The zero-order valence-corrected chi connectivity index (χ0v) is 10.4. The van der Waals surface area contributed by atoms with E-state index in [4.69, 9.17) is 0 Å². The summed E-state index contributed by atoms with van der Waals surface area (Å²) in [4.78, 5) is 21.2. The number of likely N-dealkylation sites (tertiary alicyclic amines) is 1. The van der Waals surface area contributed by atoms with Crippen LogP contribution >= 0.6 is 0 Å². The van der Waals surface area contributed by atoms with Crippen LogP contribution in [0.5, 0.6) is 0 Å². The number of imidazole rings is 1. The molecule has 18 heavy (non-hydrogen) atoms. The van der Waals surface area contributed by atoms with Gasteiger partial charge in [0.2, 0.25) is 5.95 Å². The Hall–Kier alpha value is -2.04. The molecule has 2 N–H and O–H groups in total. The molecule has 2 amide bonds. The standard InChI is InChI=1S/C13H16N4O/c1-9-4-5-10-11(8-9)15-12(14-10)16-13(18)17-6-2-3-7-17/h4-5,8H,2-3,6-7H2,1H3,(H2,14,15,16,18). The largest absolute Gasteiger partial charge is 0.324 e. The fourth-order valence-electron chi connectivity index (χ4n) is 2.28. The van der Waals surface area contributed by atoms with Gasteiger partial charge in [0.05, 0.1) is 11.0 Å². The summed E-state index contributed by atoms with van der Waals surface area (Å²) in [6.07, 6.45) is 2.18. The van der Waals surface area contributed by atoms with Gasteiger partial charge in [0.1, 0.15) is 0 Å². The number of fused-ring (bicyclic) bond motifs is 1. The summed E-state index contributed by atoms with van der Waals surface area (Å²) >= 11 is 0. The van der Waals surface area contributed by atoms with Gasteiger partial charge in [-0.25, -0.2) is 9.78 Å². The van der Waals surface area contributed by atoms with Gasteiger partial charge < -0.3 is 9.88 Å². The van der Waals surface area contributed by atoms with Crippen LogP contribution < -0.4 is 5.32 Å². The summed E-state index contributed by atoms with van der Waals surface area (Å²) in [5, 5.41) is 2.81. The van der Waals surface area contributed by atoms with Gasteiger partial charge in [0.15, 0.2) is 0 Å². The SMILES string of the molecule is Cc1ccc2[nH]c(NC(=O)N3CCCC3)nc2c1. The molecule has 0 atom stereocenters. The molecule has 0 bridgehead atoms. The van der Waals surface area contributed by atoms with Crippen LogP contribution in [0.3, 0.4) is 0 Å². The highest BCUT2D eigenvalue weighted by atomic mass is 16.2. The second-order valence-electron chi connectivity index (χ2n) is 4.73. The maximum absolute atomic E-state index is 11.9. The van der Waals surface area contributed by atoms with Crippen LogP contribution in [0.1, 0.15) is 18.4 Å². The van der Waals surface area contributed by atoms with Gasteiger partial charge in [-0.2, -0.15) is 0 Å². The molecule has 0 saturated carbocycles. The molecule has 2 aromatic rings. The number of carbonyl (C=O) groups excluding carboxylic acids is 1. The second-order valence-corrected chi connectivity index (χ2v) is 4.73. The highest BCUT2D eigenvalue weighted by molar-refractivity contribution is 5.90. The molecule has 5 nitrogen and oxygen atoms in total. The first kappa shape index (κ1) is 11.1. The fourth-order valence-corrected chi connectivity index (χ4v) is 2.28. The Bertz CT molecular complexity index is 584. The second kappa shape index (κ2) is 4.33. The van der Waals surface area contributed by atoms with Crippen molar-refractivity contribution in [2.45, 2.75) is 19.8 Å². The first-order valence-electron chi connectivity index (χ1n) is 6.25. The number of anilines is 1. The summed E-state index contributed by atoms with van der Waals surface area (Å²) in [5.74, 6) is 0.521. The van der Waals surface area contributed by atoms with E-state index in [0.29, 0.717) is 5.95 Å². The molecule has 1 aromatic heterocycles. The summed E-state index contributed by atoms with van der Waals surface area (Å²) in [6.45, 7) is 3.70. The number of aryl methyl sites for hydroxylation is 1. The number of benzene rings is 1. The average Bonchev–Trinajstić information content (AvgIpc) is 2.95. The van der Waals surface area contributed by atoms with Crippen molar-refractivity contribution >= 4 is 23.0 Å². The lowest BCUT2D eigenvalue weighted by Crippen LogP contribution is -2.32. The van der Waals surface area contributed by atoms with Crippen LogP contribution in [-0.2, 0) is 0 Å². The molecule has 1 aromatic carbocycles. The number of aromatic amines is 1. The minimum atomic E-state index is -0.0664. The molecule has 1 saturated heterocycles. The van der Waals surface area contributed by atoms with Gasteiger partial charge in [-0.1, -0.05) is 6.07 Å². The molecule has 0 unspecified atom stereocenters. The minimum Gasteiger partial charge on any atom is -0.324 e. The lowest BCUT2D eigenvalue weighted by molar-refractivity contribution is 0.222. The quantitative estimate of drug-likeness (QED) is 0.809. The number of nitrogens with zero attached hydrogens (tertiary/aromatic N) is 2. The molecule has 5 heteroatoms. The van der Waals surface area contributed by atoms with Crippen LogP contribution in [0.2, 0.25) is 0 Å². The predicted molar refractivity (Wildman–Crippen MR) is 70.7 cm³/mol.